The first-order valence-electron chi connectivity index (χ1n) is 12.8. The van der Waals surface area contributed by atoms with Gasteiger partial charge in [-0.05, 0) is 68.0 Å². The molecule has 38 heavy (non-hydrogen) atoms. The summed E-state index contributed by atoms with van der Waals surface area (Å²) in [7, 11) is -3.57. The van der Waals surface area contributed by atoms with E-state index in [0.717, 1.165) is 17.4 Å². The van der Waals surface area contributed by atoms with Gasteiger partial charge in [0.05, 0.1) is 11.9 Å². The Bertz CT molecular complexity index is 1190. The number of sulfonamides is 1. The lowest BCUT2D eigenvalue weighted by atomic mass is 10.1. The molecule has 0 aliphatic heterocycles. The SMILES string of the molecule is CCC(C(=O)NCC(C)C)N(Cc1c(Cl)cccc1Cl)C(=O)CCCN(c1cc(C)cc(C)c1)S(C)(=O)=O. The molecule has 0 aromatic heterocycles. The van der Waals surface area contributed by atoms with Crippen LogP contribution in [0.3, 0.4) is 0 Å². The van der Waals surface area contributed by atoms with Crippen LogP contribution in [-0.2, 0) is 26.2 Å². The summed E-state index contributed by atoms with van der Waals surface area (Å²) < 4.78 is 26.5. The minimum atomic E-state index is -3.57. The summed E-state index contributed by atoms with van der Waals surface area (Å²) >= 11 is 12.8. The molecule has 1 atom stereocenters. The van der Waals surface area contributed by atoms with Crippen molar-refractivity contribution in [2.45, 2.75) is 66.5 Å². The standard InChI is InChI=1S/C28H39Cl2N3O4S/c1-7-26(28(35)31-17-19(2)3)32(18-23-24(29)10-8-11-25(23)30)27(34)12-9-13-33(38(6,36)37)22-15-20(4)14-21(5)16-22/h8,10-11,14-16,19,26H,7,9,12-13,17-18H2,1-6H3,(H,31,35). The minimum Gasteiger partial charge on any atom is -0.354 e. The Labute approximate surface area is 237 Å². The number of carbonyl (C=O) groups excluding carboxylic acids is 2. The molecule has 0 heterocycles. The van der Waals surface area contributed by atoms with Gasteiger partial charge in [-0.15, -0.1) is 0 Å². The van der Waals surface area contributed by atoms with E-state index >= 15 is 0 Å². The molecule has 2 rings (SSSR count). The Morgan fingerprint density at radius 2 is 1.61 bits per heavy atom. The van der Waals surface area contributed by atoms with Gasteiger partial charge >= 0.3 is 0 Å². The van der Waals surface area contributed by atoms with E-state index in [9.17, 15) is 18.0 Å². The first-order chi connectivity index (χ1) is 17.7. The van der Waals surface area contributed by atoms with Gasteiger partial charge < -0.3 is 10.2 Å². The Balaban J connectivity index is 2.29. The quantitative estimate of drug-likeness (QED) is 0.326. The number of anilines is 1. The number of nitrogens with zero attached hydrogens (tertiary/aromatic N) is 2. The van der Waals surface area contributed by atoms with Crippen LogP contribution in [0.25, 0.3) is 0 Å². The summed E-state index contributed by atoms with van der Waals surface area (Å²) in [5, 5.41) is 3.74. The highest BCUT2D eigenvalue weighted by Crippen LogP contribution is 2.28. The van der Waals surface area contributed by atoms with Crippen molar-refractivity contribution in [2.24, 2.45) is 5.92 Å². The molecule has 0 saturated carbocycles. The molecule has 0 spiro atoms. The summed E-state index contributed by atoms with van der Waals surface area (Å²) in [5.74, 6) is -0.266. The molecule has 0 fully saturated rings. The van der Waals surface area contributed by atoms with Crippen molar-refractivity contribution in [3.05, 3.63) is 63.1 Å². The zero-order valence-electron chi connectivity index (χ0n) is 23.1. The van der Waals surface area contributed by atoms with Crippen molar-refractivity contribution in [2.75, 3.05) is 23.7 Å². The summed E-state index contributed by atoms with van der Waals surface area (Å²) in [6.45, 7) is 10.3. The lowest BCUT2D eigenvalue weighted by Gasteiger charge is -2.32. The molecule has 0 saturated heterocycles. The zero-order valence-corrected chi connectivity index (χ0v) is 25.4. The third-order valence-electron chi connectivity index (χ3n) is 6.11. The van der Waals surface area contributed by atoms with Gasteiger partial charge in [0.25, 0.3) is 0 Å². The molecule has 7 nitrogen and oxygen atoms in total. The molecule has 2 amide bonds. The maximum Gasteiger partial charge on any atom is 0.242 e. The minimum absolute atomic E-state index is 0.0485. The smallest absolute Gasteiger partial charge is 0.242 e. The van der Waals surface area contributed by atoms with Crippen LogP contribution in [0.1, 0.15) is 56.7 Å². The van der Waals surface area contributed by atoms with Gasteiger partial charge in [-0.25, -0.2) is 8.42 Å². The van der Waals surface area contributed by atoms with Crippen molar-refractivity contribution in [3.63, 3.8) is 0 Å². The first kappa shape index (κ1) is 31.9. The van der Waals surface area contributed by atoms with Gasteiger partial charge in [-0.1, -0.05) is 56.1 Å². The molecule has 1 N–H and O–H groups in total. The average molecular weight is 585 g/mol. The van der Waals surface area contributed by atoms with Gasteiger partial charge in [0.15, 0.2) is 0 Å². The van der Waals surface area contributed by atoms with Gasteiger partial charge in [0.1, 0.15) is 6.04 Å². The van der Waals surface area contributed by atoms with E-state index in [-0.39, 0.29) is 43.7 Å². The van der Waals surface area contributed by atoms with Crippen LogP contribution >= 0.6 is 23.2 Å². The molecule has 2 aromatic carbocycles. The largest absolute Gasteiger partial charge is 0.354 e. The molecule has 0 radical (unpaired) electrons. The Morgan fingerprint density at radius 1 is 1.03 bits per heavy atom. The highest BCUT2D eigenvalue weighted by molar-refractivity contribution is 7.92. The second kappa shape index (κ2) is 14.2. The number of benzene rings is 2. The summed E-state index contributed by atoms with van der Waals surface area (Å²) in [6.07, 6.45) is 1.88. The number of rotatable bonds is 13. The second-order valence-electron chi connectivity index (χ2n) is 10.1. The van der Waals surface area contributed by atoms with Crippen LogP contribution < -0.4 is 9.62 Å². The monoisotopic (exact) mass is 583 g/mol. The van der Waals surface area contributed by atoms with Crippen LogP contribution in [0.2, 0.25) is 10.0 Å². The van der Waals surface area contributed by atoms with Gasteiger partial charge in [0.2, 0.25) is 21.8 Å². The van der Waals surface area contributed by atoms with Crippen molar-refractivity contribution >= 4 is 50.7 Å². The molecular weight excluding hydrogens is 545 g/mol. The van der Waals surface area contributed by atoms with Crippen LogP contribution in [0.15, 0.2) is 36.4 Å². The van der Waals surface area contributed by atoms with Crippen LogP contribution in [0.4, 0.5) is 5.69 Å². The van der Waals surface area contributed by atoms with E-state index in [2.05, 4.69) is 5.32 Å². The topological polar surface area (TPSA) is 86.8 Å². The highest BCUT2D eigenvalue weighted by atomic mass is 35.5. The number of nitrogens with one attached hydrogen (secondary N) is 1. The number of carbonyl (C=O) groups is 2. The number of hydrogen-bond donors (Lipinski definition) is 1. The van der Waals surface area contributed by atoms with Gasteiger partial charge in [-0.2, -0.15) is 0 Å². The molecular formula is C28H39Cl2N3O4S. The maximum absolute atomic E-state index is 13.6. The molecule has 2 aromatic rings. The fourth-order valence-corrected chi connectivity index (χ4v) is 5.76. The van der Waals surface area contributed by atoms with Crippen molar-refractivity contribution < 1.29 is 18.0 Å². The van der Waals surface area contributed by atoms with Crippen molar-refractivity contribution in [1.29, 1.82) is 0 Å². The Kier molecular flexibility index (Phi) is 11.9. The molecule has 0 aliphatic rings. The van der Waals surface area contributed by atoms with Crippen LogP contribution in [0, 0.1) is 19.8 Å². The van der Waals surface area contributed by atoms with E-state index in [1.165, 1.54) is 9.21 Å². The fraction of sp³-hybridized carbons (Fsp3) is 0.500. The predicted octanol–water partition coefficient (Wildman–Crippen LogP) is 5.74. The Hall–Kier alpha value is -2.29. The molecule has 0 bridgehead atoms. The molecule has 10 heteroatoms. The normalized spacial score (nSPS) is 12.3. The number of amides is 2. The summed E-state index contributed by atoms with van der Waals surface area (Å²) in [5.41, 5.74) is 3.03. The van der Waals surface area contributed by atoms with E-state index < -0.39 is 16.1 Å². The van der Waals surface area contributed by atoms with Crippen molar-refractivity contribution in [3.8, 4) is 0 Å². The van der Waals surface area contributed by atoms with Crippen LogP contribution in [0.5, 0.6) is 0 Å². The Morgan fingerprint density at radius 3 is 2.11 bits per heavy atom. The van der Waals surface area contributed by atoms with Crippen molar-refractivity contribution in [1.82, 2.24) is 10.2 Å². The maximum atomic E-state index is 13.6. The molecule has 0 aliphatic carbocycles. The predicted molar refractivity (Wildman–Crippen MR) is 156 cm³/mol. The number of aryl methyl sites for hydroxylation is 2. The average Bonchev–Trinajstić information content (AvgIpc) is 2.80. The molecule has 210 valence electrons. The summed E-state index contributed by atoms with van der Waals surface area (Å²) in [4.78, 5) is 28.2. The van der Waals surface area contributed by atoms with Crippen LogP contribution in [-0.4, -0.2) is 50.5 Å². The van der Waals surface area contributed by atoms with E-state index in [4.69, 9.17) is 23.2 Å². The van der Waals surface area contributed by atoms with E-state index in [1.54, 1.807) is 18.2 Å². The number of halogens is 2. The fourth-order valence-electron chi connectivity index (χ4n) is 4.29. The van der Waals surface area contributed by atoms with E-state index in [0.29, 0.717) is 34.3 Å². The molecule has 1 unspecified atom stereocenters. The number of hydrogen-bond acceptors (Lipinski definition) is 4. The lowest BCUT2D eigenvalue weighted by molar-refractivity contribution is -0.141. The highest BCUT2D eigenvalue weighted by Gasteiger charge is 2.30. The first-order valence-corrected chi connectivity index (χ1v) is 15.4. The van der Waals surface area contributed by atoms with Gasteiger partial charge in [0, 0.05) is 41.7 Å². The second-order valence-corrected chi connectivity index (χ2v) is 12.8. The lowest BCUT2D eigenvalue weighted by Crippen LogP contribution is -2.49. The summed E-state index contributed by atoms with van der Waals surface area (Å²) in [6, 6.07) is 9.98. The third-order valence-corrected chi connectivity index (χ3v) is 8.01. The van der Waals surface area contributed by atoms with Gasteiger partial charge in [-0.3, -0.25) is 13.9 Å². The third kappa shape index (κ3) is 9.17. The van der Waals surface area contributed by atoms with E-state index in [1.807, 2.05) is 52.8 Å². The zero-order chi connectivity index (χ0) is 28.6.